The van der Waals surface area contributed by atoms with Gasteiger partial charge in [0.25, 0.3) is 0 Å². The zero-order valence-electron chi connectivity index (χ0n) is 9.81. The molecule has 88 valence electrons. The van der Waals surface area contributed by atoms with Gasteiger partial charge >= 0.3 is 0 Å². The zero-order chi connectivity index (χ0) is 11.5. The normalized spacial score (nSPS) is 20.6. The minimum Gasteiger partial charge on any atom is -0.381 e. The Kier molecular flexibility index (Phi) is 3.33. The molecule has 1 aromatic rings. The van der Waals surface area contributed by atoms with Crippen LogP contribution in [0, 0.1) is 5.92 Å². The van der Waals surface area contributed by atoms with E-state index in [9.17, 15) is 0 Å². The third-order valence-electron chi connectivity index (χ3n) is 2.73. The fourth-order valence-corrected chi connectivity index (χ4v) is 1.81. The van der Waals surface area contributed by atoms with Gasteiger partial charge in [-0.3, -0.25) is 0 Å². The van der Waals surface area contributed by atoms with E-state index in [1.54, 1.807) is 0 Å². The number of aromatic nitrogens is 3. The average Bonchev–Trinajstić information content (AvgIpc) is 2.69. The van der Waals surface area contributed by atoms with Crippen molar-refractivity contribution < 1.29 is 4.74 Å². The summed E-state index contributed by atoms with van der Waals surface area (Å²) in [5, 5.41) is 0. The molecule has 1 unspecified atom stereocenters. The Labute approximate surface area is 95.5 Å². The zero-order valence-corrected chi connectivity index (χ0v) is 9.81. The van der Waals surface area contributed by atoms with Crippen LogP contribution in [0.5, 0.6) is 0 Å². The highest BCUT2D eigenvalue weighted by Crippen LogP contribution is 2.17. The van der Waals surface area contributed by atoms with Gasteiger partial charge in [0.05, 0.1) is 0 Å². The summed E-state index contributed by atoms with van der Waals surface area (Å²) in [4.78, 5) is 12.8. The largest absolute Gasteiger partial charge is 0.381 e. The topological polar surface area (TPSA) is 73.9 Å². The maximum Gasteiger partial charge on any atom is 0.223 e. The van der Waals surface area contributed by atoms with Gasteiger partial charge in [0, 0.05) is 25.6 Å². The smallest absolute Gasteiger partial charge is 0.223 e. The summed E-state index contributed by atoms with van der Waals surface area (Å²) in [6.45, 7) is 5.76. The van der Waals surface area contributed by atoms with Crippen molar-refractivity contribution in [2.24, 2.45) is 5.92 Å². The Balaban J connectivity index is 2.13. The summed E-state index contributed by atoms with van der Waals surface area (Å²) in [6, 6.07) is 0. The van der Waals surface area contributed by atoms with Gasteiger partial charge in [-0.25, -0.2) is 4.98 Å². The lowest BCUT2D eigenvalue weighted by atomic mass is 10.0. The number of hydrogen-bond acceptors (Lipinski definition) is 5. The lowest BCUT2D eigenvalue weighted by Gasteiger charge is -2.09. The maximum atomic E-state index is 5.68. The second kappa shape index (κ2) is 4.74. The Morgan fingerprint density at radius 1 is 1.38 bits per heavy atom. The molecule has 1 aliphatic rings. The Morgan fingerprint density at radius 3 is 2.81 bits per heavy atom. The molecule has 2 heterocycles. The molecule has 1 saturated heterocycles. The number of nitrogens with zero attached hydrogens (tertiary/aromatic N) is 3. The molecule has 5 nitrogen and oxygen atoms in total. The van der Waals surface area contributed by atoms with E-state index in [0.29, 0.717) is 11.9 Å². The monoisotopic (exact) mass is 222 g/mol. The Morgan fingerprint density at radius 2 is 2.19 bits per heavy atom. The van der Waals surface area contributed by atoms with E-state index in [4.69, 9.17) is 10.5 Å². The number of ether oxygens (including phenoxy) is 1. The van der Waals surface area contributed by atoms with Crippen LogP contribution in [0.3, 0.4) is 0 Å². The van der Waals surface area contributed by atoms with Crippen LogP contribution in [0.15, 0.2) is 0 Å². The first-order valence-corrected chi connectivity index (χ1v) is 5.73. The highest BCUT2D eigenvalue weighted by atomic mass is 16.5. The first-order chi connectivity index (χ1) is 7.65. The quantitative estimate of drug-likeness (QED) is 0.830. The van der Waals surface area contributed by atoms with Gasteiger partial charge in [-0.15, -0.1) is 0 Å². The number of anilines is 1. The molecule has 0 bridgehead atoms. The molecular weight excluding hydrogens is 204 g/mol. The van der Waals surface area contributed by atoms with Crippen LogP contribution < -0.4 is 5.73 Å². The van der Waals surface area contributed by atoms with Crippen LogP contribution in [0.2, 0.25) is 0 Å². The molecule has 0 aromatic carbocycles. The van der Waals surface area contributed by atoms with Crippen LogP contribution in [0.1, 0.15) is 37.8 Å². The summed E-state index contributed by atoms with van der Waals surface area (Å²) in [6.07, 6.45) is 1.93. The third-order valence-corrected chi connectivity index (χ3v) is 2.73. The maximum absolute atomic E-state index is 5.68. The van der Waals surface area contributed by atoms with Crippen molar-refractivity contribution in [1.82, 2.24) is 15.0 Å². The van der Waals surface area contributed by atoms with Crippen LogP contribution in [-0.4, -0.2) is 28.2 Å². The number of hydrogen-bond donors (Lipinski definition) is 1. The lowest BCUT2D eigenvalue weighted by Crippen LogP contribution is -2.12. The van der Waals surface area contributed by atoms with Crippen LogP contribution in [-0.2, 0) is 11.2 Å². The molecule has 1 aromatic heterocycles. The number of nitrogens with two attached hydrogens (primary N) is 1. The summed E-state index contributed by atoms with van der Waals surface area (Å²) in [7, 11) is 0. The van der Waals surface area contributed by atoms with Crippen molar-refractivity contribution in [3.05, 3.63) is 11.6 Å². The summed E-state index contributed by atoms with van der Waals surface area (Å²) in [5.74, 6) is 2.71. The van der Waals surface area contributed by atoms with Crippen molar-refractivity contribution >= 4 is 5.95 Å². The van der Waals surface area contributed by atoms with Crippen molar-refractivity contribution in [2.45, 2.75) is 32.6 Å². The molecule has 16 heavy (non-hydrogen) atoms. The van der Waals surface area contributed by atoms with Crippen LogP contribution in [0.25, 0.3) is 0 Å². The standard InChI is InChI=1S/C11H18N4O/c1-7(2)10-13-9(14-11(12)15-10)5-8-3-4-16-6-8/h7-8H,3-6H2,1-2H3,(H2,12,13,14,15). The van der Waals surface area contributed by atoms with Gasteiger partial charge < -0.3 is 10.5 Å². The molecule has 2 rings (SSSR count). The van der Waals surface area contributed by atoms with E-state index < -0.39 is 0 Å². The fraction of sp³-hybridized carbons (Fsp3) is 0.727. The first kappa shape index (κ1) is 11.3. The fourth-order valence-electron chi connectivity index (χ4n) is 1.81. The molecule has 0 amide bonds. The highest BCUT2D eigenvalue weighted by molar-refractivity contribution is 5.17. The van der Waals surface area contributed by atoms with Gasteiger partial charge in [-0.2, -0.15) is 9.97 Å². The van der Waals surface area contributed by atoms with E-state index in [2.05, 4.69) is 28.8 Å². The van der Waals surface area contributed by atoms with Crippen molar-refractivity contribution in [3.63, 3.8) is 0 Å². The second-order valence-electron chi connectivity index (χ2n) is 4.56. The Hall–Kier alpha value is -1.23. The van der Waals surface area contributed by atoms with E-state index in [1.165, 1.54) is 0 Å². The van der Waals surface area contributed by atoms with Gasteiger partial charge in [0.1, 0.15) is 11.6 Å². The molecule has 0 saturated carbocycles. The third kappa shape index (κ3) is 2.66. The molecule has 0 aliphatic carbocycles. The Bertz CT molecular complexity index is 361. The van der Waals surface area contributed by atoms with Gasteiger partial charge in [0.15, 0.2) is 0 Å². The average molecular weight is 222 g/mol. The van der Waals surface area contributed by atoms with Gasteiger partial charge in [-0.1, -0.05) is 13.8 Å². The van der Waals surface area contributed by atoms with Crippen molar-refractivity contribution in [3.8, 4) is 0 Å². The molecule has 5 heteroatoms. The van der Waals surface area contributed by atoms with Crippen molar-refractivity contribution in [1.29, 1.82) is 0 Å². The summed E-state index contributed by atoms with van der Waals surface area (Å²) >= 11 is 0. The molecule has 2 N–H and O–H groups in total. The molecular formula is C11H18N4O. The predicted octanol–water partition coefficient (Wildman–Crippen LogP) is 1.16. The highest BCUT2D eigenvalue weighted by Gasteiger charge is 2.18. The SMILES string of the molecule is CC(C)c1nc(N)nc(CC2CCOC2)n1. The van der Waals surface area contributed by atoms with E-state index in [1.807, 2.05) is 0 Å². The van der Waals surface area contributed by atoms with E-state index in [-0.39, 0.29) is 5.92 Å². The molecule has 1 atom stereocenters. The summed E-state index contributed by atoms with van der Waals surface area (Å²) in [5.41, 5.74) is 5.68. The molecule has 0 radical (unpaired) electrons. The molecule has 0 spiro atoms. The lowest BCUT2D eigenvalue weighted by molar-refractivity contribution is 0.185. The minimum atomic E-state index is 0.281. The van der Waals surface area contributed by atoms with Crippen molar-refractivity contribution in [2.75, 3.05) is 18.9 Å². The van der Waals surface area contributed by atoms with E-state index >= 15 is 0 Å². The number of nitrogen functional groups attached to an aromatic ring is 1. The van der Waals surface area contributed by atoms with E-state index in [0.717, 1.165) is 37.7 Å². The van der Waals surface area contributed by atoms with Gasteiger partial charge in [-0.05, 0) is 12.3 Å². The first-order valence-electron chi connectivity index (χ1n) is 5.73. The second-order valence-corrected chi connectivity index (χ2v) is 4.56. The van der Waals surface area contributed by atoms with Gasteiger partial charge in [0.2, 0.25) is 5.95 Å². The summed E-state index contributed by atoms with van der Waals surface area (Å²) < 4.78 is 5.33. The molecule has 1 aliphatic heterocycles. The van der Waals surface area contributed by atoms with Crippen LogP contribution >= 0.6 is 0 Å². The molecule has 1 fully saturated rings. The number of rotatable bonds is 3. The predicted molar refractivity (Wildman–Crippen MR) is 61.0 cm³/mol. The minimum absolute atomic E-state index is 0.281. The van der Waals surface area contributed by atoms with Crippen LogP contribution in [0.4, 0.5) is 5.95 Å².